The summed E-state index contributed by atoms with van der Waals surface area (Å²) in [7, 11) is 0. The van der Waals surface area contributed by atoms with E-state index >= 15 is 0 Å². The number of hydrogen-bond acceptors (Lipinski definition) is 1. The van der Waals surface area contributed by atoms with Crippen LogP contribution in [0, 0.1) is 0 Å². The van der Waals surface area contributed by atoms with Gasteiger partial charge in [-0.2, -0.15) is 0 Å². The van der Waals surface area contributed by atoms with Gasteiger partial charge in [-0.05, 0) is 19.3 Å². The zero-order valence-corrected chi connectivity index (χ0v) is 7.65. The maximum absolute atomic E-state index is 11.1. The fourth-order valence-electron chi connectivity index (χ4n) is 0.705. The molecule has 1 amide bonds. The van der Waals surface area contributed by atoms with E-state index in [-0.39, 0.29) is 10.7 Å². The summed E-state index contributed by atoms with van der Waals surface area (Å²) >= 11 is 3.29. The van der Waals surface area contributed by atoms with Gasteiger partial charge >= 0.3 is 0 Å². The Hall–Kier alpha value is -0.0500. The van der Waals surface area contributed by atoms with E-state index in [2.05, 4.69) is 21.2 Å². The standard InChI is InChI=1S/C7H12BrNO/c1-2-6(8)7(10)9-5-3-4-5/h5-6H,2-4H2,1H3,(H,9,10). The van der Waals surface area contributed by atoms with E-state index in [4.69, 9.17) is 0 Å². The Kier molecular flexibility index (Phi) is 2.72. The Labute approximate surface area is 69.5 Å². The number of carbonyl (C=O) groups excluding carboxylic acids is 1. The molecule has 0 aromatic carbocycles. The molecule has 1 aliphatic rings. The number of nitrogens with one attached hydrogen (secondary N) is 1. The van der Waals surface area contributed by atoms with Crippen molar-refractivity contribution in [1.29, 1.82) is 0 Å². The van der Waals surface area contributed by atoms with E-state index in [0.29, 0.717) is 6.04 Å². The van der Waals surface area contributed by atoms with Crippen LogP contribution in [0.4, 0.5) is 0 Å². The van der Waals surface area contributed by atoms with Crippen LogP contribution in [0.3, 0.4) is 0 Å². The van der Waals surface area contributed by atoms with Crippen molar-refractivity contribution in [3.05, 3.63) is 0 Å². The Morgan fingerprint density at radius 1 is 1.80 bits per heavy atom. The average molecular weight is 206 g/mol. The normalized spacial score (nSPS) is 20.2. The average Bonchev–Trinajstić information content (AvgIpc) is 2.70. The topological polar surface area (TPSA) is 29.1 Å². The summed E-state index contributed by atoms with van der Waals surface area (Å²) in [5.74, 6) is 0.144. The second-order valence-electron chi connectivity index (χ2n) is 2.66. The molecule has 3 heteroatoms. The number of rotatable bonds is 3. The highest BCUT2D eigenvalue weighted by atomic mass is 79.9. The van der Waals surface area contributed by atoms with E-state index in [1.54, 1.807) is 0 Å². The minimum Gasteiger partial charge on any atom is -0.352 e. The Balaban J connectivity index is 2.18. The second-order valence-corrected chi connectivity index (χ2v) is 3.76. The number of hydrogen-bond donors (Lipinski definition) is 1. The molecule has 1 atom stereocenters. The number of amides is 1. The van der Waals surface area contributed by atoms with Crippen molar-refractivity contribution in [3.8, 4) is 0 Å². The molecule has 0 heterocycles. The van der Waals surface area contributed by atoms with Crippen LogP contribution in [0.1, 0.15) is 26.2 Å². The van der Waals surface area contributed by atoms with Gasteiger partial charge in [0.05, 0.1) is 4.83 Å². The SMILES string of the molecule is CCC(Br)C(=O)NC1CC1. The molecule has 1 rings (SSSR count). The van der Waals surface area contributed by atoms with Crippen LogP contribution in [-0.2, 0) is 4.79 Å². The van der Waals surface area contributed by atoms with Gasteiger partial charge in [0.1, 0.15) is 0 Å². The molecule has 1 unspecified atom stereocenters. The smallest absolute Gasteiger partial charge is 0.233 e. The summed E-state index contributed by atoms with van der Waals surface area (Å²) in [6, 6.07) is 0.485. The lowest BCUT2D eigenvalue weighted by Gasteiger charge is -2.06. The van der Waals surface area contributed by atoms with Crippen molar-refractivity contribution in [2.75, 3.05) is 0 Å². The van der Waals surface area contributed by atoms with Crippen molar-refractivity contribution >= 4 is 21.8 Å². The first-order valence-electron chi connectivity index (χ1n) is 3.68. The molecule has 0 aliphatic heterocycles. The number of halogens is 1. The van der Waals surface area contributed by atoms with E-state index in [9.17, 15) is 4.79 Å². The van der Waals surface area contributed by atoms with Crippen LogP contribution >= 0.6 is 15.9 Å². The Morgan fingerprint density at radius 3 is 2.80 bits per heavy atom. The largest absolute Gasteiger partial charge is 0.352 e. The van der Waals surface area contributed by atoms with Crippen molar-refractivity contribution in [2.24, 2.45) is 0 Å². The fourth-order valence-corrected chi connectivity index (χ4v) is 0.837. The van der Waals surface area contributed by atoms with Gasteiger partial charge < -0.3 is 5.32 Å². The highest BCUT2D eigenvalue weighted by Crippen LogP contribution is 2.19. The van der Waals surface area contributed by atoms with Gasteiger partial charge in [-0.1, -0.05) is 22.9 Å². The van der Waals surface area contributed by atoms with Crippen molar-refractivity contribution in [2.45, 2.75) is 37.1 Å². The lowest BCUT2D eigenvalue weighted by atomic mass is 10.3. The molecule has 0 spiro atoms. The quantitative estimate of drug-likeness (QED) is 0.695. The molecule has 58 valence electrons. The van der Waals surface area contributed by atoms with Gasteiger partial charge in [0.25, 0.3) is 0 Å². The molecule has 1 aliphatic carbocycles. The molecule has 0 aromatic rings. The van der Waals surface area contributed by atoms with Gasteiger partial charge in [-0.15, -0.1) is 0 Å². The van der Waals surface area contributed by atoms with E-state index in [0.717, 1.165) is 19.3 Å². The first-order valence-corrected chi connectivity index (χ1v) is 4.60. The predicted molar refractivity (Wildman–Crippen MR) is 44.2 cm³/mol. The maximum Gasteiger partial charge on any atom is 0.233 e. The molecular formula is C7H12BrNO. The fraction of sp³-hybridized carbons (Fsp3) is 0.857. The number of carbonyl (C=O) groups is 1. The first kappa shape index (κ1) is 8.05. The molecule has 0 bridgehead atoms. The highest BCUT2D eigenvalue weighted by molar-refractivity contribution is 9.10. The minimum atomic E-state index is 0.00750. The lowest BCUT2D eigenvalue weighted by Crippen LogP contribution is -2.32. The van der Waals surface area contributed by atoms with Crippen LogP contribution < -0.4 is 5.32 Å². The van der Waals surface area contributed by atoms with Gasteiger partial charge in [-0.3, -0.25) is 4.79 Å². The van der Waals surface area contributed by atoms with E-state index in [1.165, 1.54) is 0 Å². The zero-order valence-electron chi connectivity index (χ0n) is 6.06. The summed E-state index contributed by atoms with van der Waals surface area (Å²) in [6.45, 7) is 1.99. The van der Waals surface area contributed by atoms with Crippen LogP contribution in [-0.4, -0.2) is 16.8 Å². The third kappa shape index (κ3) is 2.29. The molecule has 0 radical (unpaired) electrons. The predicted octanol–water partition coefficient (Wildman–Crippen LogP) is 1.44. The lowest BCUT2D eigenvalue weighted by molar-refractivity contribution is -0.120. The van der Waals surface area contributed by atoms with E-state index in [1.807, 2.05) is 6.92 Å². The molecule has 0 saturated heterocycles. The van der Waals surface area contributed by atoms with E-state index < -0.39 is 0 Å². The van der Waals surface area contributed by atoms with Crippen LogP contribution in [0.5, 0.6) is 0 Å². The highest BCUT2D eigenvalue weighted by Gasteiger charge is 2.25. The van der Waals surface area contributed by atoms with Crippen LogP contribution in [0.2, 0.25) is 0 Å². The molecule has 0 aromatic heterocycles. The Bertz CT molecular complexity index is 134. The van der Waals surface area contributed by atoms with Gasteiger partial charge in [0.15, 0.2) is 0 Å². The van der Waals surface area contributed by atoms with Crippen LogP contribution in [0.25, 0.3) is 0 Å². The minimum absolute atomic E-state index is 0.00750. The summed E-state index contributed by atoms with van der Waals surface area (Å²) in [5.41, 5.74) is 0. The van der Waals surface area contributed by atoms with Crippen molar-refractivity contribution in [1.82, 2.24) is 5.32 Å². The maximum atomic E-state index is 11.1. The van der Waals surface area contributed by atoms with Gasteiger partial charge in [0.2, 0.25) is 5.91 Å². The summed E-state index contributed by atoms with van der Waals surface area (Å²) in [5, 5.41) is 2.92. The van der Waals surface area contributed by atoms with Crippen LogP contribution in [0.15, 0.2) is 0 Å². The first-order chi connectivity index (χ1) is 4.74. The summed E-state index contributed by atoms with van der Waals surface area (Å²) in [6.07, 6.45) is 3.18. The van der Waals surface area contributed by atoms with Gasteiger partial charge in [-0.25, -0.2) is 0 Å². The summed E-state index contributed by atoms with van der Waals surface area (Å²) in [4.78, 5) is 11.1. The molecule has 10 heavy (non-hydrogen) atoms. The second kappa shape index (κ2) is 3.37. The molecule has 1 fully saturated rings. The molecular weight excluding hydrogens is 194 g/mol. The number of alkyl halides is 1. The molecule has 2 nitrogen and oxygen atoms in total. The van der Waals surface area contributed by atoms with Crippen molar-refractivity contribution < 1.29 is 4.79 Å². The Morgan fingerprint density at radius 2 is 2.40 bits per heavy atom. The third-order valence-corrected chi connectivity index (χ3v) is 2.63. The van der Waals surface area contributed by atoms with Crippen molar-refractivity contribution in [3.63, 3.8) is 0 Å². The molecule has 1 N–H and O–H groups in total. The third-order valence-electron chi connectivity index (χ3n) is 1.57. The monoisotopic (exact) mass is 205 g/mol. The summed E-state index contributed by atoms with van der Waals surface area (Å²) < 4.78 is 0. The molecule has 1 saturated carbocycles. The van der Waals surface area contributed by atoms with Gasteiger partial charge in [0, 0.05) is 6.04 Å². The zero-order chi connectivity index (χ0) is 7.56.